The normalized spacial score (nSPS) is 12.7. The van der Waals surface area contributed by atoms with Crippen molar-refractivity contribution in [2.75, 3.05) is 0 Å². The zero-order chi connectivity index (χ0) is 12.4. The Bertz CT molecular complexity index is 517. The SMILES string of the molecule is Cc1ccc(C)c(CC(O)c2ccnn2C)c1. The number of nitrogens with zero attached hydrogens (tertiary/aromatic N) is 2. The standard InChI is InChI=1S/C14H18N2O/c1-10-4-5-11(2)12(8-10)9-14(17)13-6-7-15-16(13)3/h4-8,14,17H,9H2,1-3H3. The summed E-state index contributed by atoms with van der Waals surface area (Å²) in [5, 5.41) is 14.3. The van der Waals surface area contributed by atoms with E-state index in [1.165, 1.54) is 16.7 Å². The van der Waals surface area contributed by atoms with Gasteiger partial charge in [-0.05, 0) is 31.0 Å². The fourth-order valence-corrected chi connectivity index (χ4v) is 2.04. The highest BCUT2D eigenvalue weighted by Gasteiger charge is 2.13. The van der Waals surface area contributed by atoms with E-state index in [9.17, 15) is 5.11 Å². The average molecular weight is 230 g/mol. The molecule has 2 rings (SSSR count). The van der Waals surface area contributed by atoms with E-state index in [1.807, 2.05) is 13.1 Å². The van der Waals surface area contributed by atoms with Crippen molar-refractivity contribution < 1.29 is 5.11 Å². The predicted octanol–water partition coefficient (Wildman–Crippen LogP) is 2.31. The van der Waals surface area contributed by atoms with Crippen LogP contribution in [0, 0.1) is 13.8 Å². The lowest BCUT2D eigenvalue weighted by Gasteiger charge is -2.13. The first-order valence-electron chi connectivity index (χ1n) is 5.80. The molecule has 0 bridgehead atoms. The van der Waals surface area contributed by atoms with Crippen LogP contribution in [0.2, 0.25) is 0 Å². The maximum absolute atomic E-state index is 10.2. The van der Waals surface area contributed by atoms with Gasteiger partial charge in [0, 0.05) is 19.7 Å². The second-order valence-corrected chi connectivity index (χ2v) is 4.53. The van der Waals surface area contributed by atoms with Gasteiger partial charge in [0.25, 0.3) is 0 Å². The molecule has 1 heterocycles. The van der Waals surface area contributed by atoms with Crippen molar-refractivity contribution in [1.82, 2.24) is 9.78 Å². The van der Waals surface area contributed by atoms with E-state index >= 15 is 0 Å². The second kappa shape index (κ2) is 4.72. The zero-order valence-electron chi connectivity index (χ0n) is 10.5. The highest BCUT2D eigenvalue weighted by Crippen LogP contribution is 2.20. The zero-order valence-corrected chi connectivity index (χ0v) is 10.5. The van der Waals surface area contributed by atoms with E-state index in [0.717, 1.165) is 5.69 Å². The lowest BCUT2D eigenvalue weighted by Crippen LogP contribution is -2.08. The van der Waals surface area contributed by atoms with Crippen LogP contribution in [0.25, 0.3) is 0 Å². The Balaban J connectivity index is 2.21. The van der Waals surface area contributed by atoms with Gasteiger partial charge in [-0.15, -0.1) is 0 Å². The van der Waals surface area contributed by atoms with E-state index in [-0.39, 0.29) is 0 Å². The average Bonchev–Trinajstić information content (AvgIpc) is 2.70. The molecule has 0 aliphatic rings. The maximum Gasteiger partial charge on any atom is 0.0996 e. The van der Waals surface area contributed by atoms with Gasteiger partial charge in [0.2, 0.25) is 0 Å². The van der Waals surface area contributed by atoms with Crippen LogP contribution in [-0.2, 0) is 13.5 Å². The molecule has 0 aliphatic heterocycles. The van der Waals surface area contributed by atoms with E-state index in [4.69, 9.17) is 0 Å². The number of hydrogen-bond donors (Lipinski definition) is 1. The van der Waals surface area contributed by atoms with Crippen LogP contribution in [0.4, 0.5) is 0 Å². The van der Waals surface area contributed by atoms with Crippen LogP contribution < -0.4 is 0 Å². The van der Waals surface area contributed by atoms with Gasteiger partial charge in [-0.25, -0.2) is 0 Å². The number of aryl methyl sites for hydroxylation is 3. The number of benzene rings is 1. The van der Waals surface area contributed by atoms with Crippen LogP contribution in [0.15, 0.2) is 30.5 Å². The van der Waals surface area contributed by atoms with Crippen molar-refractivity contribution in [3.63, 3.8) is 0 Å². The molecular formula is C14H18N2O. The van der Waals surface area contributed by atoms with Crippen molar-refractivity contribution in [1.29, 1.82) is 0 Å². The minimum Gasteiger partial charge on any atom is -0.386 e. The van der Waals surface area contributed by atoms with Crippen molar-refractivity contribution in [2.45, 2.75) is 26.4 Å². The largest absolute Gasteiger partial charge is 0.386 e. The summed E-state index contributed by atoms with van der Waals surface area (Å²) in [6.07, 6.45) is 1.84. The van der Waals surface area contributed by atoms with Gasteiger partial charge in [-0.3, -0.25) is 4.68 Å². The summed E-state index contributed by atoms with van der Waals surface area (Å²) in [6.45, 7) is 4.14. The van der Waals surface area contributed by atoms with Crippen molar-refractivity contribution in [3.05, 3.63) is 52.8 Å². The summed E-state index contributed by atoms with van der Waals surface area (Å²) in [6, 6.07) is 8.18. The number of aliphatic hydroxyl groups is 1. The molecule has 0 aliphatic carbocycles. The molecular weight excluding hydrogens is 212 g/mol. The predicted molar refractivity (Wildman–Crippen MR) is 67.8 cm³/mol. The highest BCUT2D eigenvalue weighted by atomic mass is 16.3. The number of aromatic nitrogens is 2. The third kappa shape index (κ3) is 2.56. The summed E-state index contributed by atoms with van der Waals surface area (Å²) >= 11 is 0. The van der Waals surface area contributed by atoms with Crippen molar-refractivity contribution in [3.8, 4) is 0 Å². The van der Waals surface area contributed by atoms with Gasteiger partial charge in [0.05, 0.1) is 11.8 Å². The first-order chi connectivity index (χ1) is 8.08. The maximum atomic E-state index is 10.2. The molecule has 1 aromatic heterocycles. The van der Waals surface area contributed by atoms with Gasteiger partial charge in [-0.1, -0.05) is 23.8 Å². The van der Waals surface area contributed by atoms with Gasteiger partial charge in [-0.2, -0.15) is 5.10 Å². The quantitative estimate of drug-likeness (QED) is 0.878. The Hall–Kier alpha value is -1.61. The summed E-state index contributed by atoms with van der Waals surface area (Å²) in [4.78, 5) is 0. The van der Waals surface area contributed by atoms with E-state index < -0.39 is 6.10 Å². The molecule has 0 saturated heterocycles. The number of aliphatic hydroxyl groups excluding tert-OH is 1. The molecule has 2 aromatic rings. The van der Waals surface area contributed by atoms with Gasteiger partial charge >= 0.3 is 0 Å². The lowest BCUT2D eigenvalue weighted by molar-refractivity contribution is 0.168. The molecule has 0 spiro atoms. The lowest BCUT2D eigenvalue weighted by atomic mass is 9.99. The van der Waals surface area contributed by atoms with Gasteiger partial charge in [0.15, 0.2) is 0 Å². The molecule has 1 N–H and O–H groups in total. The molecule has 0 radical (unpaired) electrons. The van der Waals surface area contributed by atoms with Crippen LogP contribution in [0.3, 0.4) is 0 Å². The Morgan fingerprint density at radius 3 is 2.71 bits per heavy atom. The second-order valence-electron chi connectivity index (χ2n) is 4.53. The van der Waals surface area contributed by atoms with Gasteiger partial charge in [0.1, 0.15) is 0 Å². The van der Waals surface area contributed by atoms with Crippen molar-refractivity contribution in [2.24, 2.45) is 7.05 Å². The summed E-state index contributed by atoms with van der Waals surface area (Å²) in [5.74, 6) is 0. The fraction of sp³-hybridized carbons (Fsp3) is 0.357. The number of hydrogen-bond acceptors (Lipinski definition) is 2. The smallest absolute Gasteiger partial charge is 0.0996 e. The molecule has 17 heavy (non-hydrogen) atoms. The summed E-state index contributed by atoms with van der Waals surface area (Å²) < 4.78 is 1.72. The van der Waals surface area contributed by atoms with Crippen LogP contribution in [0.1, 0.15) is 28.5 Å². The fourth-order valence-electron chi connectivity index (χ4n) is 2.04. The van der Waals surface area contributed by atoms with Crippen molar-refractivity contribution >= 4 is 0 Å². The molecule has 3 nitrogen and oxygen atoms in total. The van der Waals surface area contributed by atoms with E-state index in [2.05, 4.69) is 37.1 Å². The third-order valence-corrected chi connectivity index (χ3v) is 3.12. The first kappa shape index (κ1) is 11.9. The van der Waals surface area contributed by atoms with Crippen LogP contribution in [0.5, 0.6) is 0 Å². The monoisotopic (exact) mass is 230 g/mol. The topological polar surface area (TPSA) is 38.1 Å². The third-order valence-electron chi connectivity index (χ3n) is 3.12. The minimum absolute atomic E-state index is 0.497. The molecule has 3 heteroatoms. The van der Waals surface area contributed by atoms with E-state index in [0.29, 0.717) is 6.42 Å². The molecule has 0 saturated carbocycles. The Kier molecular flexibility index (Phi) is 3.29. The Morgan fingerprint density at radius 2 is 2.06 bits per heavy atom. The van der Waals surface area contributed by atoms with Crippen LogP contribution >= 0.6 is 0 Å². The number of rotatable bonds is 3. The molecule has 1 unspecified atom stereocenters. The van der Waals surface area contributed by atoms with Crippen LogP contribution in [-0.4, -0.2) is 14.9 Å². The minimum atomic E-state index is -0.497. The Labute approximate surface area is 102 Å². The first-order valence-corrected chi connectivity index (χ1v) is 5.80. The highest BCUT2D eigenvalue weighted by molar-refractivity contribution is 5.31. The molecule has 90 valence electrons. The van der Waals surface area contributed by atoms with Gasteiger partial charge < -0.3 is 5.11 Å². The van der Waals surface area contributed by atoms with E-state index in [1.54, 1.807) is 10.9 Å². The summed E-state index contributed by atoms with van der Waals surface area (Å²) in [5.41, 5.74) is 4.49. The molecule has 0 amide bonds. The molecule has 1 aromatic carbocycles. The Morgan fingerprint density at radius 1 is 1.29 bits per heavy atom. The molecule has 0 fully saturated rings. The summed E-state index contributed by atoms with van der Waals surface area (Å²) in [7, 11) is 1.85. The molecule has 1 atom stereocenters.